The van der Waals surface area contributed by atoms with Crippen molar-refractivity contribution in [3.8, 4) is 0 Å². The van der Waals surface area contributed by atoms with Crippen molar-refractivity contribution < 1.29 is 10.4 Å². The second kappa shape index (κ2) is 6.11. The predicted molar refractivity (Wildman–Crippen MR) is 75.4 cm³/mol. The zero-order valence-electron chi connectivity index (χ0n) is 10.7. The average Bonchev–Trinajstić information content (AvgIpc) is 2.37. The van der Waals surface area contributed by atoms with Crippen LogP contribution in [0.3, 0.4) is 0 Å². The smallest absolute Gasteiger partial charge is 0.251 e. The minimum absolute atomic E-state index is 0.196. The van der Waals surface area contributed by atoms with Gasteiger partial charge in [0.05, 0.1) is 0 Å². The first-order chi connectivity index (χ1) is 9.86. The van der Waals surface area contributed by atoms with Crippen LogP contribution in [0.25, 0.3) is 0 Å². The van der Waals surface area contributed by atoms with E-state index >= 15 is 0 Å². The van der Waals surface area contributed by atoms with Crippen LogP contribution in [-0.2, 0) is 0 Å². The molecule has 0 radical (unpaired) electrons. The predicted octanol–water partition coefficient (Wildman–Crippen LogP) is 1.62. The summed E-state index contributed by atoms with van der Waals surface area (Å²) < 4.78 is 0. The van der Waals surface area contributed by atoms with Crippen LogP contribution >= 0.6 is 11.8 Å². The number of aryl methyl sites for hydroxylation is 1. The Labute approximate surface area is 122 Å². The van der Waals surface area contributed by atoms with E-state index < -0.39 is 5.23 Å². The molecule has 0 fully saturated rings. The van der Waals surface area contributed by atoms with Crippen LogP contribution in [0.4, 0.5) is 11.4 Å². The van der Waals surface area contributed by atoms with Crippen molar-refractivity contribution in [2.75, 3.05) is 10.5 Å². The fourth-order valence-electron chi connectivity index (χ4n) is 1.57. The van der Waals surface area contributed by atoms with Crippen LogP contribution in [0.15, 0.2) is 39.1 Å². The van der Waals surface area contributed by atoms with E-state index in [0.717, 1.165) is 17.8 Å². The number of hydrogen-bond acceptors (Lipinski definition) is 9. The third-order valence-electron chi connectivity index (χ3n) is 2.42. The first kappa shape index (κ1) is 15.3. The van der Waals surface area contributed by atoms with Crippen molar-refractivity contribution in [3.05, 3.63) is 50.7 Å². The van der Waals surface area contributed by atoms with Crippen LogP contribution in [0.1, 0.15) is 5.69 Å². The van der Waals surface area contributed by atoms with E-state index in [0.29, 0.717) is 5.69 Å². The molecule has 0 amide bonds. The van der Waals surface area contributed by atoms with Crippen molar-refractivity contribution in [1.82, 2.24) is 9.97 Å². The summed E-state index contributed by atoms with van der Waals surface area (Å²) in [6.45, 7) is 1.64. The molecule has 21 heavy (non-hydrogen) atoms. The Morgan fingerprint density at radius 2 is 2.00 bits per heavy atom. The first-order valence-corrected chi connectivity index (χ1v) is 6.40. The number of aromatic amines is 1. The Kier molecular flexibility index (Phi) is 4.45. The van der Waals surface area contributed by atoms with E-state index in [4.69, 9.17) is 10.4 Å². The van der Waals surface area contributed by atoms with E-state index in [9.17, 15) is 15.2 Å². The molecule has 9 nitrogen and oxygen atoms in total. The molecule has 1 aromatic carbocycles. The van der Waals surface area contributed by atoms with Gasteiger partial charge in [-0.25, -0.2) is 4.98 Å². The summed E-state index contributed by atoms with van der Waals surface area (Å²) in [6, 6.07) is 4.85. The van der Waals surface area contributed by atoms with Gasteiger partial charge in [0.25, 0.3) is 5.56 Å². The van der Waals surface area contributed by atoms with Crippen molar-refractivity contribution in [2.45, 2.75) is 17.0 Å². The van der Waals surface area contributed by atoms with Crippen LogP contribution < -0.4 is 16.0 Å². The minimum atomic E-state index is -0.658. The van der Waals surface area contributed by atoms with Gasteiger partial charge in [-0.3, -0.25) is 15.2 Å². The van der Waals surface area contributed by atoms with E-state index in [2.05, 4.69) is 9.97 Å². The Morgan fingerprint density at radius 3 is 2.57 bits per heavy atom. The molecule has 10 heteroatoms. The number of nitrogens with one attached hydrogen (secondary N) is 1. The Bertz CT molecular complexity index is 703. The maximum Gasteiger partial charge on any atom is 0.251 e. The first-order valence-electron chi connectivity index (χ1n) is 5.59. The fraction of sp³-hybridized carbons (Fsp3) is 0.0909. The van der Waals surface area contributed by atoms with E-state index in [1.54, 1.807) is 6.92 Å². The summed E-state index contributed by atoms with van der Waals surface area (Å²) in [4.78, 5) is 18.2. The largest absolute Gasteiger partial charge is 0.769 e. The zero-order valence-corrected chi connectivity index (χ0v) is 11.5. The number of anilines is 2. The summed E-state index contributed by atoms with van der Waals surface area (Å²) in [7, 11) is 0. The normalized spacial score (nSPS) is 10.5. The highest BCUT2D eigenvalue weighted by atomic mass is 32.2. The van der Waals surface area contributed by atoms with E-state index in [-0.39, 0.29) is 32.2 Å². The number of nitrogens with zero attached hydrogens (tertiary/aromatic N) is 3. The van der Waals surface area contributed by atoms with Crippen molar-refractivity contribution in [3.63, 3.8) is 0 Å². The molecule has 2 aromatic rings. The minimum Gasteiger partial charge on any atom is -0.769 e. The molecule has 2 rings (SSSR count). The van der Waals surface area contributed by atoms with Crippen LogP contribution in [0.5, 0.6) is 0 Å². The summed E-state index contributed by atoms with van der Waals surface area (Å²) >= 11 is 0.940. The molecule has 1 heterocycles. The molecule has 3 N–H and O–H groups in total. The van der Waals surface area contributed by atoms with Crippen LogP contribution in [0, 0.1) is 17.3 Å². The van der Waals surface area contributed by atoms with Gasteiger partial charge < -0.3 is 20.6 Å². The van der Waals surface area contributed by atoms with Gasteiger partial charge in [0, 0.05) is 22.3 Å². The molecule has 0 atom stereocenters. The summed E-state index contributed by atoms with van der Waals surface area (Å²) in [6.07, 6.45) is 0. The SMILES string of the molecule is Cc1cc(=O)[nH]c(Sc2ccc(N([O-])[O-])cc2N(O)O)n1. The maximum atomic E-state index is 11.4. The maximum absolute atomic E-state index is 11.4. The monoisotopic (exact) mass is 310 g/mol. The van der Waals surface area contributed by atoms with Crippen LogP contribution in [-0.4, -0.2) is 20.4 Å². The highest BCUT2D eigenvalue weighted by Gasteiger charge is 2.11. The van der Waals surface area contributed by atoms with Gasteiger partial charge in [-0.2, -0.15) is 0 Å². The summed E-state index contributed by atoms with van der Waals surface area (Å²) in [5.41, 5.74) is -0.348. The topological polar surface area (TPSA) is 139 Å². The number of H-pyrrole nitrogens is 1. The number of hydrogen-bond donors (Lipinski definition) is 3. The Balaban J connectivity index is 2.41. The lowest BCUT2D eigenvalue weighted by atomic mass is 10.3. The van der Waals surface area contributed by atoms with Gasteiger partial charge in [-0.05, 0) is 36.9 Å². The highest BCUT2D eigenvalue weighted by molar-refractivity contribution is 7.99. The highest BCUT2D eigenvalue weighted by Crippen LogP contribution is 2.35. The zero-order chi connectivity index (χ0) is 15.6. The fourth-order valence-corrected chi connectivity index (χ4v) is 2.50. The summed E-state index contributed by atoms with van der Waals surface area (Å²) in [5, 5.41) is 39.1. The molecule has 1 aromatic heterocycles. The number of benzene rings is 1. The standard InChI is InChI=1S/C11H10N4O5S/c1-6-4-10(16)13-11(12-6)21-9-3-2-7(14(17)18)5-8(9)15(19)20/h2-5,19-20H,1H3,(H,12,13,16)/q-2. The molecule has 0 saturated carbocycles. The third kappa shape index (κ3) is 3.71. The van der Waals surface area contributed by atoms with Crippen molar-refractivity contribution >= 4 is 23.1 Å². The van der Waals surface area contributed by atoms with E-state index in [1.165, 1.54) is 18.2 Å². The third-order valence-corrected chi connectivity index (χ3v) is 3.38. The molecular weight excluding hydrogens is 300 g/mol. The molecular formula is C11H10N4O5S-2. The van der Waals surface area contributed by atoms with Gasteiger partial charge in [0.15, 0.2) is 5.16 Å². The van der Waals surface area contributed by atoms with Gasteiger partial charge >= 0.3 is 0 Å². The van der Waals surface area contributed by atoms with Gasteiger partial charge in [-0.1, -0.05) is 0 Å². The molecule has 0 spiro atoms. The average molecular weight is 310 g/mol. The lowest BCUT2D eigenvalue weighted by Gasteiger charge is -2.37. The Hall–Kier alpha value is -2.11. The van der Waals surface area contributed by atoms with Crippen molar-refractivity contribution in [2.24, 2.45) is 0 Å². The van der Waals surface area contributed by atoms with Gasteiger partial charge in [-0.15, -0.1) is 5.23 Å². The Morgan fingerprint density at radius 1 is 1.29 bits per heavy atom. The van der Waals surface area contributed by atoms with Gasteiger partial charge in [0.2, 0.25) is 0 Å². The number of aromatic nitrogens is 2. The molecule has 0 unspecified atom stereocenters. The van der Waals surface area contributed by atoms with Gasteiger partial charge in [0.1, 0.15) is 5.69 Å². The summed E-state index contributed by atoms with van der Waals surface area (Å²) in [5.74, 6) is 0. The van der Waals surface area contributed by atoms with Crippen molar-refractivity contribution in [1.29, 1.82) is 0 Å². The quantitative estimate of drug-likeness (QED) is 0.567. The lowest BCUT2D eigenvalue weighted by molar-refractivity contribution is 0.0277. The second-order valence-corrected chi connectivity index (χ2v) is 5.02. The van der Waals surface area contributed by atoms with Crippen LogP contribution in [0.2, 0.25) is 0 Å². The lowest BCUT2D eigenvalue weighted by Crippen LogP contribution is -2.14. The molecule has 0 aliphatic carbocycles. The molecule has 0 aliphatic heterocycles. The second-order valence-electron chi connectivity index (χ2n) is 3.99. The van der Waals surface area contributed by atoms with E-state index in [1.807, 2.05) is 0 Å². The molecule has 112 valence electrons. The molecule has 0 aliphatic rings. The number of rotatable bonds is 4. The molecule has 0 saturated heterocycles. The molecule has 0 bridgehead atoms.